The van der Waals surface area contributed by atoms with E-state index in [1.54, 1.807) is 0 Å². The molecule has 1 heterocycles. The number of thioether (sulfide) groups is 1. The number of amides is 1. The van der Waals surface area contributed by atoms with Gasteiger partial charge in [0.05, 0.1) is 6.54 Å². The van der Waals surface area contributed by atoms with Gasteiger partial charge in [-0.2, -0.15) is 11.8 Å². The first-order chi connectivity index (χ1) is 21.0. The summed E-state index contributed by atoms with van der Waals surface area (Å²) < 4.78 is 6.42. The zero-order valence-electron chi connectivity index (χ0n) is 23.5. The number of hydrogen-bond donors (Lipinski definition) is 3. The lowest BCUT2D eigenvalue weighted by molar-refractivity contribution is -0.140. The summed E-state index contributed by atoms with van der Waals surface area (Å²) >= 11 is 1.50. The number of carbonyl (C=O) groups excluding carboxylic acids is 1. The summed E-state index contributed by atoms with van der Waals surface area (Å²) in [6.07, 6.45) is 8.86. The van der Waals surface area contributed by atoms with Crippen molar-refractivity contribution >= 4 is 51.3 Å². The topological polar surface area (TPSA) is 91.6 Å². The molecule has 1 atom stereocenters. The molecule has 5 aromatic rings. The van der Waals surface area contributed by atoms with Crippen LogP contribution in [0.4, 0.5) is 5.69 Å². The SMILES string of the molecule is O=C(CNc1ccccc1)NC(CSCC1(c2cccc3c2oc2ccccc23)C=CC(c2ccccc2)C=C1)C(=O)O. The van der Waals surface area contributed by atoms with Crippen LogP contribution < -0.4 is 10.6 Å². The molecule has 0 spiro atoms. The Morgan fingerprint density at radius 1 is 0.837 bits per heavy atom. The highest BCUT2D eigenvalue weighted by Crippen LogP contribution is 2.42. The molecule has 6 nitrogen and oxygen atoms in total. The molecular formula is C36H32N2O4S. The maximum absolute atomic E-state index is 12.6. The molecule has 0 radical (unpaired) electrons. The van der Waals surface area contributed by atoms with Gasteiger partial charge in [0, 0.05) is 44.9 Å². The first-order valence-corrected chi connectivity index (χ1v) is 15.4. The molecule has 216 valence electrons. The summed E-state index contributed by atoms with van der Waals surface area (Å²) in [6.45, 7) is -0.0111. The summed E-state index contributed by atoms with van der Waals surface area (Å²) in [6, 6.07) is 32.9. The molecule has 6 rings (SSSR count). The average Bonchev–Trinajstić information content (AvgIpc) is 3.43. The summed E-state index contributed by atoms with van der Waals surface area (Å²) in [4.78, 5) is 24.7. The summed E-state index contributed by atoms with van der Waals surface area (Å²) in [5.41, 5.74) is 4.14. The standard InChI is InChI=1S/C36H32N2O4S/c39-33(22-37-27-12-5-2-6-13-27)38-31(35(40)41)23-43-24-36(20-18-26(19-21-36)25-10-3-1-4-11-25)30-16-9-15-29-28-14-7-8-17-32(28)42-34(29)30/h1-21,26,31,37H,22-24H2,(H,38,39)(H,40,41). The molecule has 1 amide bonds. The Bertz CT molecular complexity index is 1780. The second-order valence-corrected chi connectivity index (χ2v) is 11.7. The molecule has 0 aliphatic heterocycles. The highest BCUT2D eigenvalue weighted by molar-refractivity contribution is 7.99. The van der Waals surface area contributed by atoms with Crippen LogP contribution in [0.25, 0.3) is 21.9 Å². The molecule has 0 fully saturated rings. The third kappa shape index (κ3) is 6.22. The van der Waals surface area contributed by atoms with Crippen molar-refractivity contribution in [3.8, 4) is 0 Å². The van der Waals surface area contributed by atoms with Gasteiger partial charge in [-0.3, -0.25) is 4.79 Å². The molecule has 0 saturated heterocycles. The molecule has 43 heavy (non-hydrogen) atoms. The van der Waals surface area contributed by atoms with Crippen LogP contribution in [0.1, 0.15) is 17.0 Å². The first kappa shape index (κ1) is 28.4. The monoisotopic (exact) mass is 588 g/mol. The molecule has 3 N–H and O–H groups in total. The molecule has 4 aromatic carbocycles. The van der Waals surface area contributed by atoms with Crippen molar-refractivity contribution in [3.63, 3.8) is 0 Å². The first-order valence-electron chi connectivity index (χ1n) is 14.3. The number of nitrogens with one attached hydrogen (secondary N) is 2. The fraction of sp³-hybridized carbons (Fsp3) is 0.167. The van der Waals surface area contributed by atoms with Crippen LogP contribution in [-0.4, -0.2) is 41.1 Å². The number of benzene rings is 4. The van der Waals surface area contributed by atoms with Crippen molar-refractivity contribution in [3.05, 3.63) is 139 Å². The number of anilines is 1. The van der Waals surface area contributed by atoms with Gasteiger partial charge in [0.1, 0.15) is 17.2 Å². The van der Waals surface area contributed by atoms with Gasteiger partial charge in [-0.05, 0) is 23.8 Å². The number of hydrogen-bond acceptors (Lipinski definition) is 5. The van der Waals surface area contributed by atoms with E-state index in [-0.39, 0.29) is 24.1 Å². The molecule has 1 aromatic heterocycles. The Labute approximate surface area is 254 Å². The van der Waals surface area contributed by atoms with Crippen LogP contribution in [0, 0.1) is 0 Å². The largest absolute Gasteiger partial charge is 0.480 e. The molecule has 1 aliphatic carbocycles. The molecule has 0 bridgehead atoms. The van der Waals surface area contributed by atoms with E-state index in [4.69, 9.17) is 4.42 Å². The number of carboxylic acid groups (broad SMARTS) is 1. The number of fused-ring (bicyclic) bond motifs is 3. The maximum atomic E-state index is 12.6. The lowest BCUT2D eigenvalue weighted by Gasteiger charge is -2.32. The van der Waals surface area contributed by atoms with Crippen LogP contribution >= 0.6 is 11.8 Å². The molecule has 1 unspecified atom stereocenters. The Hall–Kier alpha value is -4.75. The number of rotatable bonds is 11. The Morgan fingerprint density at radius 3 is 2.26 bits per heavy atom. The van der Waals surface area contributed by atoms with Crippen molar-refractivity contribution < 1.29 is 19.1 Å². The Balaban J connectivity index is 1.24. The van der Waals surface area contributed by atoms with Crippen LogP contribution in [0.15, 0.2) is 132 Å². The van der Waals surface area contributed by atoms with E-state index in [0.29, 0.717) is 5.75 Å². The zero-order chi connectivity index (χ0) is 29.6. The van der Waals surface area contributed by atoms with Gasteiger partial charge >= 0.3 is 5.97 Å². The number of furan rings is 1. The van der Waals surface area contributed by atoms with Crippen molar-refractivity contribution in [2.24, 2.45) is 0 Å². The number of allylic oxidation sites excluding steroid dienone is 4. The van der Waals surface area contributed by atoms with Crippen molar-refractivity contribution in [1.82, 2.24) is 5.32 Å². The third-order valence-corrected chi connectivity index (χ3v) is 9.03. The van der Waals surface area contributed by atoms with Crippen molar-refractivity contribution in [2.45, 2.75) is 17.4 Å². The predicted molar refractivity (Wildman–Crippen MR) is 175 cm³/mol. The van der Waals surface area contributed by atoms with E-state index in [0.717, 1.165) is 33.2 Å². The zero-order valence-corrected chi connectivity index (χ0v) is 24.3. The number of carbonyl (C=O) groups is 2. The lowest BCUT2D eigenvalue weighted by atomic mass is 9.76. The van der Waals surface area contributed by atoms with Crippen molar-refractivity contribution in [2.75, 3.05) is 23.4 Å². The van der Waals surface area contributed by atoms with E-state index >= 15 is 0 Å². The molecular weight excluding hydrogens is 556 g/mol. The average molecular weight is 589 g/mol. The highest BCUT2D eigenvalue weighted by Gasteiger charge is 2.34. The minimum atomic E-state index is -1.06. The van der Waals surface area contributed by atoms with Gasteiger partial charge in [0.2, 0.25) is 5.91 Å². The fourth-order valence-electron chi connectivity index (χ4n) is 5.54. The van der Waals surface area contributed by atoms with E-state index in [9.17, 15) is 14.7 Å². The molecule has 1 aliphatic rings. The fourth-order valence-corrected chi connectivity index (χ4v) is 6.80. The molecule has 0 saturated carbocycles. The Morgan fingerprint density at radius 2 is 1.51 bits per heavy atom. The summed E-state index contributed by atoms with van der Waals surface area (Å²) in [7, 11) is 0. The van der Waals surface area contributed by atoms with Gasteiger partial charge in [-0.25, -0.2) is 4.79 Å². The third-order valence-electron chi connectivity index (χ3n) is 7.78. The van der Waals surface area contributed by atoms with Gasteiger partial charge in [0.15, 0.2) is 0 Å². The second-order valence-electron chi connectivity index (χ2n) is 10.7. The van der Waals surface area contributed by atoms with Gasteiger partial charge in [0.25, 0.3) is 0 Å². The maximum Gasteiger partial charge on any atom is 0.327 e. The quantitative estimate of drug-likeness (QED) is 0.142. The Kier molecular flexibility index (Phi) is 8.34. The van der Waals surface area contributed by atoms with Crippen LogP contribution in [0.5, 0.6) is 0 Å². The van der Waals surface area contributed by atoms with Gasteiger partial charge in [-0.15, -0.1) is 0 Å². The van der Waals surface area contributed by atoms with E-state index in [1.165, 1.54) is 17.3 Å². The summed E-state index contributed by atoms with van der Waals surface area (Å²) in [5, 5.41) is 17.7. The number of aliphatic carboxylic acids is 1. The highest BCUT2D eigenvalue weighted by atomic mass is 32.2. The van der Waals surface area contributed by atoms with E-state index in [1.807, 2.05) is 66.7 Å². The van der Waals surface area contributed by atoms with Crippen LogP contribution in [0.2, 0.25) is 0 Å². The normalized spacial score (nSPS) is 18.5. The minimum absolute atomic E-state index is 0.0111. The number of para-hydroxylation sites is 3. The second kappa shape index (κ2) is 12.6. The van der Waals surface area contributed by atoms with Gasteiger partial charge in [-0.1, -0.05) is 109 Å². The lowest BCUT2D eigenvalue weighted by Crippen LogP contribution is -2.45. The van der Waals surface area contributed by atoms with E-state index in [2.05, 4.69) is 71.3 Å². The van der Waals surface area contributed by atoms with Crippen LogP contribution in [-0.2, 0) is 15.0 Å². The predicted octanol–water partition coefficient (Wildman–Crippen LogP) is 7.15. The minimum Gasteiger partial charge on any atom is -0.480 e. The smallest absolute Gasteiger partial charge is 0.327 e. The number of carboxylic acids is 1. The summed E-state index contributed by atoms with van der Waals surface area (Å²) in [5.74, 6) is -0.514. The van der Waals surface area contributed by atoms with Crippen molar-refractivity contribution in [1.29, 1.82) is 0 Å². The molecule has 7 heteroatoms. The van der Waals surface area contributed by atoms with Crippen LogP contribution in [0.3, 0.4) is 0 Å². The van der Waals surface area contributed by atoms with Gasteiger partial charge < -0.3 is 20.2 Å². The van der Waals surface area contributed by atoms with E-state index < -0.39 is 17.4 Å².